The van der Waals surface area contributed by atoms with Gasteiger partial charge in [-0.25, -0.2) is 0 Å². The van der Waals surface area contributed by atoms with Crippen LogP contribution in [-0.4, -0.2) is 10.2 Å². The first-order chi connectivity index (χ1) is 9.02. The third kappa shape index (κ3) is 3.75. The van der Waals surface area contributed by atoms with Crippen molar-refractivity contribution in [1.29, 1.82) is 5.26 Å². The van der Waals surface area contributed by atoms with Gasteiger partial charge >= 0.3 is 0 Å². The maximum atomic E-state index is 9.29. The van der Waals surface area contributed by atoms with Crippen LogP contribution in [0.2, 0.25) is 0 Å². The van der Waals surface area contributed by atoms with E-state index in [0.29, 0.717) is 5.75 Å². The lowest BCUT2D eigenvalue weighted by Crippen LogP contribution is -2.18. The molecule has 0 saturated carbocycles. The molecule has 0 aliphatic heterocycles. The normalized spacial score (nSPS) is 9.95. The topological polar surface area (TPSA) is 64.2 Å². The second kappa shape index (κ2) is 6.46. The lowest BCUT2D eigenvalue weighted by atomic mass is 9.78. The van der Waals surface area contributed by atoms with E-state index in [2.05, 4.69) is 38.1 Å². The predicted molar refractivity (Wildman–Crippen MR) is 74.2 cm³/mol. The molecule has 2 aromatic carbocycles. The lowest BCUT2D eigenvalue weighted by molar-refractivity contribution is 0.474. The number of rotatable bonds is 2. The molecule has 3 heteroatoms. The Morgan fingerprint density at radius 3 is 1.79 bits per heavy atom. The fraction of sp³-hybridized carbons (Fsp3) is 0.188. The summed E-state index contributed by atoms with van der Waals surface area (Å²) in [6, 6.07) is 17.8. The van der Waals surface area contributed by atoms with Crippen molar-refractivity contribution < 1.29 is 10.2 Å². The summed E-state index contributed by atoms with van der Waals surface area (Å²) in [7, 11) is 0. The first-order valence-corrected chi connectivity index (χ1v) is 5.90. The molecule has 0 aliphatic carbocycles. The van der Waals surface area contributed by atoms with E-state index in [-0.39, 0.29) is 5.41 Å². The molecule has 0 unspecified atom stereocenters. The third-order valence-corrected chi connectivity index (χ3v) is 3.08. The monoisotopic (exact) mass is 255 g/mol. The minimum atomic E-state index is -0.0328. The van der Waals surface area contributed by atoms with Crippen molar-refractivity contribution in [2.24, 2.45) is 0 Å². The summed E-state index contributed by atoms with van der Waals surface area (Å²) in [5.74, 6) is 0.313. The quantitative estimate of drug-likeness (QED) is 0.806. The highest BCUT2D eigenvalue weighted by molar-refractivity contribution is 5.39. The summed E-state index contributed by atoms with van der Waals surface area (Å²) in [5, 5.41) is 23.0. The highest BCUT2D eigenvalue weighted by Gasteiger charge is 2.22. The van der Waals surface area contributed by atoms with Crippen LogP contribution in [0.15, 0.2) is 54.6 Å². The van der Waals surface area contributed by atoms with E-state index >= 15 is 0 Å². The van der Waals surface area contributed by atoms with Crippen molar-refractivity contribution in [3.8, 4) is 12.0 Å². The molecule has 0 aromatic heterocycles. The van der Waals surface area contributed by atoms with Crippen LogP contribution in [0.25, 0.3) is 0 Å². The van der Waals surface area contributed by atoms with E-state index in [4.69, 9.17) is 10.4 Å². The summed E-state index contributed by atoms with van der Waals surface area (Å²) in [5.41, 5.74) is 2.45. The number of hydrogen-bond acceptors (Lipinski definition) is 3. The van der Waals surface area contributed by atoms with Gasteiger partial charge in [-0.05, 0) is 23.3 Å². The molecule has 0 bridgehead atoms. The van der Waals surface area contributed by atoms with Crippen LogP contribution < -0.4 is 0 Å². The van der Waals surface area contributed by atoms with E-state index in [0.717, 1.165) is 6.26 Å². The van der Waals surface area contributed by atoms with Crippen LogP contribution in [0.1, 0.15) is 25.0 Å². The highest BCUT2D eigenvalue weighted by Crippen LogP contribution is 2.31. The van der Waals surface area contributed by atoms with Crippen molar-refractivity contribution in [2.45, 2.75) is 19.3 Å². The van der Waals surface area contributed by atoms with Gasteiger partial charge in [0.25, 0.3) is 6.26 Å². The highest BCUT2D eigenvalue weighted by atomic mass is 16.3. The Hall–Kier alpha value is -2.47. The molecule has 0 fully saturated rings. The SMILES string of the molecule is CC(C)(c1ccccc1)c1ccc(O)cc1.N#CO. The number of benzene rings is 2. The van der Waals surface area contributed by atoms with E-state index in [1.807, 2.05) is 18.2 Å². The molecular weight excluding hydrogens is 238 g/mol. The predicted octanol–water partition coefficient (Wildman–Crippen LogP) is 3.56. The van der Waals surface area contributed by atoms with Crippen LogP contribution in [0, 0.1) is 11.5 Å². The third-order valence-electron chi connectivity index (χ3n) is 3.08. The summed E-state index contributed by atoms with van der Waals surface area (Å²) in [4.78, 5) is 0. The van der Waals surface area contributed by atoms with Gasteiger partial charge in [0, 0.05) is 5.41 Å². The molecule has 98 valence electrons. The Balaban J connectivity index is 0.000000550. The zero-order valence-corrected chi connectivity index (χ0v) is 11.0. The molecule has 2 N–H and O–H groups in total. The van der Waals surface area contributed by atoms with Crippen LogP contribution in [0.5, 0.6) is 5.75 Å². The molecular formula is C16H17NO2. The van der Waals surface area contributed by atoms with Gasteiger partial charge in [0.1, 0.15) is 5.75 Å². The fourth-order valence-electron chi connectivity index (χ4n) is 1.90. The first-order valence-electron chi connectivity index (χ1n) is 5.90. The maximum absolute atomic E-state index is 9.29. The standard InChI is InChI=1S/C15H16O.CHNO/c1-15(2,12-6-4-3-5-7-12)13-8-10-14(16)11-9-13;2-1-3/h3-11,16H,1-2H3;3H. The van der Waals surface area contributed by atoms with E-state index in [1.54, 1.807) is 12.1 Å². The smallest absolute Gasteiger partial charge is 0.283 e. The van der Waals surface area contributed by atoms with Gasteiger partial charge in [-0.3, -0.25) is 0 Å². The van der Waals surface area contributed by atoms with Crippen molar-refractivity contribution in [3.63, 3.8) is 0 Å². The van der Waals surface area contributed by atoms with Gasteiger partial charge in [-0.2, -0.15) is 5.26 Å². The molecule has 3 nitrogen and oxygen atoms in total. The van der Waals surface area contributed by atoms with Gasteiger partial charge in [0.2, 0.25) is 0 Å². The van der Waals surface area contributed by atoms with E-state index in [1.165, 1.54) is 11.1 Å². The van der Waals surface area contributed by atoms with Crippen molar-refractivity contribution in [2.75, 3.05) is 0 Å². The molecule has 19 heavy (non-hydrogen) atoms. The molecule has 2 rings (SSSR count). The van der Waals surface area contributed by atoms with Crippen LogP contribution >= 0.6 is 0 Å². The lowest BCUT2D eigenvalue weighted by Gasteiger charge is -2.26. The average Bonchev–Trinajstić information content (AvgIpc) is 2.41. The molecule has 0 amide bonds. The Morgan fingerprint density at radius 1 is 0.895 bits per heavy atom. The number of phenolic OH excluding ortho intramolecular Hbond substituents is 1. The minimum Gasteiger partial charge on any atom is -0.508 e. The largest absolute Gasteiger partial charge is 0.508 e. The molecule has 0 radical (unpaired) electrons. The second-order valence-electron chi connectivity index (χ2n) is 4.64. The minimum absolute atomic E-state index is 0.0328. The average molecular weight is 255 g/mol. The Morgan fingerprint density at radius 2 is 1.32 bits per heavy atom. The Bertz CT molecular complexity index is 539. The number of aromatic hydroxyl groups is 1. The molecule has 2 aromatic rings. The number of nitriles is 1. The van der Waals surface area contributed by atoms with Gasteiger partial charge in [0.15, 0.2) is 0 Å². The van der Waals surface area contributed by atoms with Gasteiger partial charge in [-0.15, -0.1) is 0 Å². The Kier molecular flexibility index (Phi) is 4.96. The number of nitrogens with zero attached hydrogens (tertiary/aromatic N) is 1. The number of hydrogen-bond donors (Lipinski definition) is 2. The van der Waals surface area contributed by atoms with Crippen LogP contribution in [0.4, 0.5) is 0 Å². The molecule has 0 heterocycles. The summed E-state index contributed by atoms with van der Waals surface area (Å²) >= 11 is 0. The van der Waals surface area contributed by atoms with Crippen molar-refractivity contribution in [1.82, 2.24) is 0 Å². The van der Waals surface area contributed by atoms with Crippen LogP contribution in [0.3, 0.4) is 0 Å². The summed E-state index contributed by atoms with van der Waals surface area (Å²) in [6.45, 7) is 4.38. The summed E-state index contributed by atoms with van der Waals surface area (Å²) < 4.78 is 0. The van der Waals surface area contributed by atoms with Crippen molar-refractivity contribution >= 4 is 0 Å². The van der Waals surface area contributed by atoms with Crippen LogP contribution in [-0.2, 0) is 5.41 Å². The number of aliphatic hydroxyl groups excluding tert-OH is 1. The second-order valence-corrected chi connectivity index (χ2v) is 4.64. The maximum Gasteiger partial charge on any atom is 0.283 e. The molecule has 0 atom stereocenters. The van der Waals surface area contributed by atoms with Crippen molar-refractivity contribution in [3.05, 3.63) is 65.7 Å². The Labute approximate surface area is 113 Å². The fourth-order valence-corrected chi connectivity index (χ4v) is 1.90. The zero-order chi connectivity index (χ0) is 14.3. The van der Waals surface area contributed by atoms with Gasteiger partial charge in [0.05, 0.1) is 0 Å². The summed E-state index contributed by atoms with van der Waals surface area (Å²) in [6.07, 6.45) is 0.750. The molecule has 0 aliphatic rings. The van der Waals surface area contributed by atoms with Gasteiger partial charge in [-0.1, -0.05) is 56.3 Å². The number of phenols is 1. The van der Waals surface area contributed by atoms with Gasteiger partial charge < -0.3 is 10.2 Å². The first kappa shape index (κ1) is 14.6. The zero-order valence-electron chi connectivity index (χ0n) is 11.0. The van der Waals surface area contributed by atoms with E-state index < -0.39 is 0 Å². The number of aliphatic hydroxyl groups is 1. The molecule has 0 spiro atoms. The molecule has 0 saturated heterocycles. The van der Waals surface area contributed by atoms with E-state index in [9.17, 15) is 5.11 Å².